The highest BCUT2D eigenvalue weighted by atomic mass is 16.6. The lowest BCUT2D eigenvalue weighted by atomic mass is 9.99. The van der Waals surface area contributed by atoms with Gasteiger partial charge in [-0.05, 0) is 56.0 Å². The molecule has 2 amide bonds. The molecule has 0 unspecified atom stereocenters. The van der Waals surface area contributed by atoms with Crippen molar-refractivity contribution >= 4 is 12.0 Å². The number of rotatable bonds is 5. The molecule has 8 nitrogen and oxygen atoms in total. The number of carbonyl (C=O) groups excluding carboxylic acids is 2. The maximum absolute atomic E-state index is 13.0. The SMILES string of the molecule is Cc1cnccc1-c1ccc([C@H](CO)NC(=O)[C@@H]2C[C@@H](O)CN2C(=O)OC(C)(C)C)cc1. The number of aryl methyl sites for hydroxylation is 1. The first-order valence-electron chi connectivity index (χ1n) is 10.7. The predicted molar refractivity (Wildman–Crippen MR) is 120 cm³/mol. The van der Waals surface area contributed by atoms with E-state index in [1.54, 1.807) is 33.2 Å². The minimum atomic E-state index is -0.868. The first-order valence-corrected chi connectivity index (χ1v) is 10.7. The van der Waals surface area contributed by atoms with E-state index in [0.717, 1.165) is 22.3 Å². The molecule has 2 heterocycles. The second kappa shape index (κ2) is 9.67. The number of likely N-dealkylation sites (tertiary alicyclic amines) is 1. The van der Waals surface area contributed by atoms with E-state index in [-0.39, 0.29) is 19.6 Å². The summed E-state index contributed by atoms with van der Waals surface area (Å²) in [6, 6.07) is 7.99. The van der Waals surface area contributed by atoms with Crippen molar-refractivity contribution in [3.63, 3.8) is 0 Å². The molecule has 32 heavy (non-hydrogen) atoms. The van der Waals surface area contributed by atoms with E-state index in [1.165, 1.54) is 4.90 Å². The van der Waals surface area contributed by atoms with Gasteiger partial charge in [0.15, 0.2) is 0 Å². The van der Waals surface area contributed by atoms with E-state index in [0.29, 0.717) is 0 Å². The summed E-state index contributed by atoms with van der Waals surface area (Å²) in [6.45, 7) is 6.93. The van der Waals surface area contributed by atoms with Crippen molar-refractivity contribution in [2.45, 2.75) is 57.9 Å². The van der Waals surface area contributed by atoms with Gasteiger partial charge in [0, 0.05) is 18.8 Å². The van der Waals surface area contributed by atoms with Gasteiger partial charge in [-0.25, -0.2) is 4.79 Å². The van der Waals surface area contributed by atoms with Crippen molar-refractivity contribution in [2.75, 3.05) is 13.2 Å². The van der Waals surface area contributed by atoms with Crippen molar-refractivity contribution < 1.29 is 24.5 Å². The molecule has 0 aliphatic carbocycles. The van der Waals surface area contributed by atoms with Crippen LogP contribution < -0.4 is 5.32 Å². The number of β-amino-alcohol motifs (C(OH)–C–C–N with tert-alkyl or cyclic N) is 1. The summed E-state index contributed by atoms with van der Waals surface area (Å²) in [5, 5.41) is 22.8. The fraction of sp³-hybridized carbons (Fsp3) is 0.458. The number of nitrogens with one attached hydrogen (secondary N) is 1. The molecule has 172 valence electrons. The first-order chi connectivity index (χ1) is 15.1. The Balaban J connectivity index is 1.72. The van der Waals surface area contributed by atoms with E-state index in [2.05, 4.69) is 10.3 Å². The summed E-state index contributed by atoms with van der Waals surface area (Å²) in [5.41, 5.74) is 3.14. The number of aliphatic hydroxyl groups is 2. The third-order valence-corrected chi connectivity index (χ3v) is 5.35. The molecule has 3 atom stereocenters. The van der Waals surface area contributed by atoms with Gasteiger partial charge in [0.2, 0.25) is 5.91 Å². The molecule has 0 spiro atoms. The molecular weight excluding hydrogens is 410 g/mol. The molecule has 8 heteroatoms. The third kappa shape index (κ3) is 5.63. The van der Waals surface area contributed by atoms with E-state index in [1.807, 2.05) is 37.3 Å². The second-order valence-electron chi connectivity index (χ2n) is 9.09. The molecule has 1 aromatic heterocycles. The quantitative estimate of drug-likeness (QED) is 0.658. The van der Waals surface area contributed by atoms with E-state index < -0.39 is 35.8 Å². The molecule has 3 N–H and O–H groups in total. The number of pyridine rings is 1. The highest BCUT2D eigenvalue weighted by Gasteiger charge is 2.41. The molecular formula is C24H31N3O5. The molecule has 1 saturated heterocycles. The highest BCUT2D eigenvalue weighted by Crippen LogP contribution is 2.26. The van der Waals surface area contributed by atoms with Crippen molar-refractivity contribution in [2.24, 2.45) is 0 Å². The van der Waals surface area contributed by atoms with E-state index in [4.69, 9.17) is 4.74 Å². The number of nitrogens with zero attached hydrogens (tertiary/aromatic N) is 2. The number of carbonyl (C=O) groups is 2. The smallest absolute Gasteiger partial charge is 0.411 e. The number of aliphatic hydroxyl groups excluding tert-OH is 2. The number of hydrogen-bond acceptors (Lipinski definition) is 6. The zero-order valence-electron chi connectivity index (χ0n) is 18.9. The predicted octanol–water partition coefficient (Wildman–Crippen LogP) is 2.58. The van der Waals surface area contributed by atoms with Gasteiger partial charge in [-0.1, -0.05) is 24.3 Å². The van der Waals surface area contributed by atoms with Gasteiger partial charge in [0.25, 0.3) is 0 Å². The Morgan fingerprint density at radius 2 is 1.94 bits per heavy atom. The van der Waals surface area contributed by atoms with Crippen LogP contribution in [-0.4, -0.2) is 63.0 Å². The normalized spacial score (nSPS) is 19.5. The molecule has 1 aliphatic heterocycles. The van der Waals surface area contributed by atoms with Crippen LogP contribution in [-0.2, 0) is 9.53 Å². The second-order valence-corrected chi connectivity index (χ2v) is 9.09. The van der Waals surface area contributed by atoms with Gasteiger partial charge in [0.1, 0.15) is 11.6 Å². The Morgan fingerprint density at radius 1 is 1.25 bits per heavy atom. The lowest BCUT2D eigenvalue weighted by Crippen LogP contribution is -2.48. The minimum absolute atomic E-state index is 0.0246. The van der Waals surface area contributed by atoms with Gasteiger partial charge in [-0.3, -0.25) is 14.7 Å². The summed E-state index contributed by atoms with van der Waals surface area (Å²) in [6.07, 6.45) is 2.19. The number of amides is 2. The molecule has 0 radical (unpaired) electrons. The molecule has 1 aliphatic rings. The zero-order valence-corrected chi connectivity index (χ0v) is 18.9. The highest BCUT2D eigenvalue weighted by molar-refractivity contribution is 5.86. The fourth-order valence-electron chi connectivity index (χ4n) is 3.78. The molecule has 2 aromatic rings. The average molecular weight is 442 g/mol. The standard InChI is InChI=1S/C24H31N3O5/c1-15-12-25-10-9-19(15)16-5-7-17(8-6-16)20(14-28)26-22(30)21-11-18(29)13-27(21)23(31)32-24(2,3)4/h5-10,12,18,20-21,28-29H,11,13-14H2,1-4H3,(H,26,30)/t18-,20+,21+/m1/s1. The summed E-state index contributed by atoms with van der Waals surface area (Å²) >= 11 is 0. The maximum atomic E-state index is 13.0. The van der Waals surface area contributed by atoms with Crippen LogP contribution in [0.2, 0.25) is 0 Å². The van der Waals surface area contributed by atoms with Gasteiger partial charge in [-0.15, -0.1) is 0 Å². The Kier molecular flexibility index (Phi) is 7.16. The van der Waals surface area contributed by atoms with Crippen LogP contribution in [0.25, 0.3) is 11.1 Å². The van der Waals surface area contributed by atoms with Gasteiger partial charge in [-0.2, -0.15) is 0 Å². The van der Waals surface area contributed by atoms with Crippen LogP contribution in [0.1, 0.15) is 44.4 Å². The monoisotopic (exact) mass is 441 g/mol. The zero-order chi connectivity index (χ0) is 23.5. The Morgan fingerprint density at radius 3 is 2.53 bits per heavy atom. The van der Waals surface area contributed by atoms with Crippen molar-refractivity contribution in [1.29, 1.82) is 0 Å². The number of benzene rings is 1. The largest absolute Gasteiger partial charge is 0.444 e. The minimum Gasteiger partial charge on any atom is -0.444 e. The van der Waals surface area contributed by atoms with Crippen LogP contribution in [0.4, 0.5) is 4.79 Å². The molecule has 0 saturated carbocycles. The van der Waals surface area contributed by atoms with Gasteiger partial charge in [0.05, 0.1) is 25.3 Å². The summed E-state index contributed by atoms with van der Waals surface area (Å²) < 4.78 is 5.37. The Hall–Kier alpha value is -2.97. The molecule has 1 aromatic carbocycles. The number of aromatic nitrogens is 1. The van der Waals surface area contributed by atoms with Crippen LogP contribution in [0.3, 0.4) is 0 Å². The molecule has 1 fully saturated rings. The lowest BCUT2D eigenvalue weighted by Gasteiger charge is -2.28. The van der Waals surface area contributed by atoms with Gasteiger partial charge < -0.3 is 20.3 Å². The number of ether oxygens (including phenoxy) is 1. The fourth-order valence-corrected chi connectivity index (χ4v) is 3.78. The topological polar surface area (TPSA) is 112 Å². The third-order valence-electron chi connectivity index (χ3n) is 5.35. The summed E-state index contributed by atoms with van der Waals surface area (Å²) in [4.78, 5) is 30.8. The molecule has 3 rings (SSSR count). The van der Waals surface area contributed by atoms with Crippen molar-refractivity contribution in [3.05, 3.63) is 53.9 Å². The number of hydrogen-bond donors (Lipinski definition) is 3. The first kappa shape index (κ1) is 23.7. The van der Waals surface area contributed by atoms with E-state index in [9.17, 15) is 19.8 Å². The Bertz CT molecular complexity index is 955. The molecule has 0 bridgehead atoms. The van der Waals surface area contributed by atoms with E-state index >= 15 is 0 Å². The maximum Gasteiger partial charge on any atom is 0.411 e. The Labute approximate surface area is 188 Å². The summed E-state index contributed by atoms with van der Waals surface area (Å²) in [7, 11) is 0. The van der Waals surface area contributed by atoms with Crippen molar-refractivity contribution in [1.82, 2.24) is 15.2 Å². The lowest BCUT2D eigenvalue weighted by molar-refractivity contribution is -0.126. The summed E-state index contributed by atoms with van der Waals surface area (Å²) in [5.74, 6) is -0.444. The van der Waals surface area contributed by atoms with Crippen LogP contribution in [0.5, 0.6) is 0 Å². The van der Waals surface area contributed by atoms with Crippen molar-refractivity contribution in [3.8, 4) is 11.1 Å². The van der Waals surface area contributed by atoms with Crippen LogP contribution in [0, 0.1) is 6.92 Å². The van der Waals surface area contributed by atoms with Crippen LogP contribution in [0.15, 0.2) is 42.7 Å². The van der Waals surface area contributed by atoms with Crippen LogP contribution >= 0.6 is 0 Å². The van der Waals surface area contributed by atoms with Gasteiger partial charge >= 0.3 is 6.09 Å². The average Bonchev–Trinajstić information content (AvgIpc) is 3.13.